The SMILES string of the molecule is CCOc1ccc2oc(-c3csc(NC(=O)c4ccc(S(=O)(=O)N5CCCC5)cc4)n3)cc2c1. The van der Waals surface area contributed by atoms with Gasteiger partial charge in [0.25, 0.3) is 5.91 Å². The van der Waals surface area contributed by atoms with Crippen molar-refractivity contribution < 1.29 is 22.4 Å². The number of carbonyl (C=O) groups is 1. The molecule has 0 unspecified atom stereocenters. The number of anilines is 1. The minimum atomic E-state index is -3.51. The summed E-state index contributed by atoms with van der Waals surface area (Å²) < 4.78 is 38.2. The van der Waals surface area contributed by atoms with Crippen LogP contribution in [0, 0.1) is 0 Å². The monoisotopic (exact) mass is 497 g/mol. The third-order valence-corrected chi connectivity index (χ3v) is 8.27. The molecule has 1 amide bonds. The van der Waals surface area contributed by atoms with Crippen LogP contribution in [-0.2, 0) is 10.0 Å². The number of benzene rings is 2. The van der Waals surface area contributed by atoms with Crippen molar-refractivity contribution in [2.24, 2.45) is 0 Å². The van der Waals surface area contributed by atoms with Crippen LogP contribution in [0.3, 0.4) is 0 Å². The van der Waals surface area contributed by atoms with Gasteiger partial charge in [-0.25, -0.2) is 13.4 Å². The fraction of sp³-hybridized carbons (Fsp3) is 0.250. The van der Waals surface area contributed by atoms with Crippen molar-refractivity contribution in [2.45, 2.75) is 24.7 Å². The van der Waals surface area contributed by atoms with Gasteiger partial charge in [-0.05, 0) is 68.3 Å². The molecule has 2 aromatic carbocycles. The van der Waals surface area contributed by atoms with Crippen molar-refractivity contribution in [3.8, 4) is 17.2 Å². The second kappa shape index (κ2) is 9.21. The van der Waals surface area contributed by atoms with Crippen molar-refractivity contribution in [1.29, 1.82) is 0 Å². The number of nitrogens with zero attached hydrogens (tertiary/aromatic N) is 2. The molecule has 1 fully saturated rings. The summed E-state index contributed by atoms with van der Waals surface area (Å²) in [5.74, 6) is 1.00. The number of sulfonamides is 1. The summed E-state index contributed by atoms with van der Waals surface area (Å²) in [4.78, 5) is 17.3. The Hall–Kier alpha value is -3.21. The van der Waals surface area contributed by atoms with E-state index in [0.717, 1.165) is 29.6 Å². The predicted molar refractivity (Wildman–Crippen MR) is 131 cm³/mol. The summed E-state index contributed by atoms with van der Waals surface area (Å²) >= 11 is 1.28. The lowest BCUT2D eigenvalue weighted by atomic mass is 10.2. The van der Waals surface area contributed by atoms with Gasteiger partial charge in [0.1, 0.15) is 17.0 Å². The Morgan fingerprint density at radius 3 is 2.65 bits per heavy atom. The molecule has 8 nitrogen and oxygen atoms in total. The smallest absolute Gasteiger partial charge is 0.257 e. The van der Waals surface area contributed by atoms with Crippen molar-refractivity contribution in [3.63, 3.8) is 0 Å². The van der Waals surface area contributed by atoms with Crippen LogP contribution in [0.1, 0.15) is 30.1 Å². The maximum atomic E-state index is 12.7. The first kappa shape index (κ1) is 22.6. The highest BCUT2D eigenvalue weighted by atomic mass is 32.2. The zero-order valence-electron chi connectivity index (χ0n) is 18.5. The molecule has 3 heterocycles. The molecule has 10 heteroatoms. The van der Waals surface area contributed by atoms with Crippen LogP contribution in [0.2, 0.25) is 0 Å². The van der Waals surface area contributed by atoms with E-state index in [-0.39, 0.29) is 10.8 Å². The van der Waals surface area contributed by atoms with Crippen LogP contribution in [-0.4, -0.2) is 43.3 Å². The number of ether oxygens (including phenoxy) is 1. The lowest BCUT2D eigenvalue weighted by Gasteiger charge is -2.15. The summed E-state index contributed by atoms with van der Waals surface area (Å²) in [6, 6.07) is 13.5. The standard InChI is InChI=1S/C24H23N3O5S2/c1-2-31-18-7-10-21-17(13-18)14-22(32-21)20-15-33-24(25-20)26-23(28)16-5-8-19(9-6-16)34(29,30)27-11-3-4-12-27/h5-10,13-15H,2-4,11-12H2,1H3,(H,25,26,28). The summed E-state index contributed by atoms with van der Waals surface area (Å²) in [6.45, 7) is 3.59. The summed E-state index contributed by atoms with van der Waals surface area (Å²) in [6.07, 6.45) is 1.75. The molecule has 1 aliphatic heterocycles. The second-order valence-corrected chi connectivity index (χ2v) is 10.7. The van der Waals surface area contributed by atoms with E-state index < -0.39 is 10.0 Å². The highest BCUT2D eigenvalue weighted by Gasteiger charge is 2.27. The molecule has 0 radical (unpaired) electrons. The van der Waals surface area contributed by atoms with Crippen LogP contribution in [0.5, 0.6) is 5.75 Å². The van der Waals surface area contributed by atoms with Gasteiger partial charge in [-0.15, -0.1) is 11.3 Å². The third-order valence-electron chi connectivity index (χ3n) is 5.60. The third kappa shape index (κ3) is 4.44. The van der Waals surface area contributed by atoms with E-state index in [1.54, 1.807) is 0 Å². The zero-order valence-corrected chi connectivity index (χ0v) is 20.1. The fourth-order valence-electron chi connectivity index (χ4n) is 3.87. The molecular formula is C24H23N3O5S2. The van der Waals surface area contributed by atoms with Gasteiger partial charge in [0.05, 0.1) is 11.5 Å². The van der Waals surface area contributed by atoms with E-state index in [1.807, 2.05) is 36.6 Å². The summed E-state index contributed by atoms with van der Waals surface area (Å²) in [7, 11) is -3.51. The number of carbonyl (C=O) groups excluding carboxylic acids is 1. The Labute approximate surface area is 201 Å². The zero-order chi connectivity index (χ0) is 23.7. The van der Waals surface area contributed by atoms with Crippen LogP contribution < -0.4 is 10.1 Å². The topological polar surface area (TPSA) is 102 Å². The number of aromatic nitrogens is 1. The van der Waals surface area contributed by atoms with Crippen LogP contribution >= 0.6 is 11.3 Å². The Balaban J connectivity index is 1.29. The van der Waals surface area contributed by atoms with Crippen LogP contribution in [0.4, 0.5) is 5.13 Å². The van der Waals surface area contributed by atoms with Gasteiger partial charge in [0.15, 0.2) is 10.9 Å². The number of hydrogen-bond donors (Lipinski definition) is 1. The molecule has 0 spiro atoms. The van der Waals surface area contributed by atoms with Gasteiger partial charge in [0.2, 0.25) is 10.0 Å². The highest BCUT2D eigenvalue weighted by molar-refractivity contribution is 7.89. The van der Waals surface area contributed by atoms with Gasteiger partial charge in [-0.3, -0.25) is 10.1 Å². The lowest BCUT2D eigenvalue weighted by Crippen LogP contribution is -2.27. The van der Waals surface area contributed by atoms with E-state index in [0.29, 0.717) is 41.8 Å². The summed E-state index contributed by atoms with van der Waals surface area (Å²) in [5, 5.41) is 5.90. The molecule has 0 bridgehead atoms. The highest BCUT2D eigenvalue weighted by Crippen LogP contribution is 2.32. The van der Waals surface area contributed by atoms with Gasteiger partial charge in [0, 0.05) is 29.4 Å². The second-order valence-electron chi connectivity index (χ2n) is 7.87. The number of fused-ring (bicyclic) bond motifs is 1. The first-order chi connectivity index (χ1) is 16.4. The van der Waals surface area contributed by atoms with Crippen molar-refractivity contribution in [1.82, 2.24) is 9.29 Å². The number of amides is 1. The summed E-state index contributed by atoms with van der Waals surface area (Å²) in [5.41, 5.74) is 1.69. The van der Waals surface area contributed by atoms with E-state index in [2.05, 4.69) is 10.3 Å². The Kier molecular flexibility index (Phi) is 6.11. The number of nitrogens with one attached hydrogen (secondary N) is 1. The van der Waals surface area contributed by atoms with Crippen molar-refractivity contribution in [3.05, 3.63) is 59.5 Å². The maximum Gasteiger partial charge on any atom is 0.257 e. The van der Waals surface area contributed by atoms with Crippen molar-refractivity contribution >= 4 is 43.4 Å². The largest absolute Gasteiger partial charge is 0.494 e. The van der Waals surface area contributed by atoms with E-state index >= 15 is 0 Å². The molecule has 4 aromatic rings. The fourth-order valence-corrected chi connectivity index (χ4v) is 6.09. The Morgan fingerprint density at radius 1 is 1.15 bits per heavy atom. The molecule has 5 rings (SSSR count). The molecule has 1 aliphatic rings. The number of furan rings is 1. The predicted octanol–water partition coefficient (Wildman–Crippen LogP) is 4.99. The minimum Gasteiger partial charge on any atom is -0.494 e. The molecule has 1 N–H and O–H groups in total. The first-order valence-corrected chi connectivity index (χ1v) is 13.3. The van der Waals surface area contributed by atoms with Crippen LogP contribution in [0.15, 0.2) is 63.2 Å². The van der Waals surface area contributed by atoms with Crippen LogP contribution in [0.25, 0.3) is 22.4 Å². The van der Waals surface area contributed by atoms with Crippen molar-refractivity contribution in [2.75, 3.05) is 25.0 Å². The normalized spacial score (nSPS) is 14.5. The molecule has 2 aromatic heterocycles. The molecule has 0 aliphatic carbocycles. The molecule has 176 valence electrons. The van der Waals surface area contributed by atoms with Gasteiger partial charge in [-0.1, -0.05) is 0 Å². The van der Waals surface area contributed by atoms with E-state index in [4.69, 9.17) is 9.15 Å². The molecule has 0 saturated carbocycles. The van der Waals surface area contributed by atoms with E-state index in [9.17, 15) is 13.2 Å². The molecule has 34 heavy (non-hydrogen) atoms. The van der Waals surface area contributed by atoms with Gasteiger partial charge in [-0.2, -0.15) is 4.31 Å². The van der Waals surface area contributed by atoms with E-state index in [1.165, 1.54) is 39.9 Å². The molecule has 0 atom stereocenters. The minimum absolute atomic E-state index is 0.194. The molecular weight excluding hydrogens is 474 g/mol. The Morgan fingerprint density at radius 2 is 1.91 bits per heavy atom. The van der Waals surface area contributed by atoms with Gasteiger partial charge < -0.3 is 9.15 Å². The quantitative estimate of drug-likeness (QED) is 0.386. The average molecular weight is 498 g/mol. The Bertz CT molecular complexity index is 1440. The molecule has 1 saturated heterocycles. The average Bonchev–Trinajstić information content (AvgIpc) is 3.59. The maximum absolute atomic E-state index is 12.7. The number of hydrogen-bond acceptors (Lipinski definition) is 7. The first-order valence-electron chi connectivity index (χ1n) is 11.0. The number of thiazole rings is 1. The lowest BCUT2D eigenvalue weighted by molar-refractivity contribution is 0.102. The van der Waals surface area contributed by atoms with Gasteiger partial charge >= 0.3 is 0 Å². The number of rotatable bonds is 7.